The van der Waals surface area contributed by atoms with Gasteiger partial charge in [0.15, 0.2) is 6.61 Å². The average Bonchev–Trinajstić information content (AvgIpc) is 2.53. The summed E-state index contributed by atoms with van der Waals surface area (Å²) in [5.74, 6) is -0.815. The number of ether oxygens (including phenoxy) is 1. The minimum atomic E-state index is -4.49. The van der Waals surface area contributed by atoms with Gasteiger partial charge in [-0.05, 0) is 18.6 Å². The molecular formula is C16H14ClF3N2O2. The molecule has 8 heteroatoms. The van der Waals surface area contributed by atoms with Crippen molar-refractivity contribution in [2.24, 2.45) is 0 Å². The van der Waals surface area contributed by atoms with Crippen LogP contribution in [0.2, 0.25) is 5.02 Å². The molecule has 4 nitrogen and oxygen atoms in total. The number of pyridine rings is 1. The highest BCUT2D eigenvalue weighted by atomic mass is 35.5. The molecule has 0 radical (unpaired) electrons. The van der Waals surface area contributed by atoms with E-state index in [1.807, 2.05) is 37.3 Å². The summed E-state index contributed by atoms with van der Waals surface area (Å²) in [6.07, 6.45) is -3.38. The lowest BCUT2D eigenvalue weighted by Gasteiger charge is -2.15. The summed E-state index contributed by atoms with van der Waals surface area (Å²) < 4.78 is 40.9. The molecule has 1 unspecified atom stereocenters. The molecule has 1 atom stereocenters. The fourth-order valence-electron chi connectivity index (χ4n) is 1.91. The largest absolute Gasteiger partial charge is 0.467 e. The third kappa shape index (κ3) is 5.13. The van der Waals surface area contributed by atoms with Crippen molar-refractivity contribution in [3.05, 3.63) is 58.7 Å². The smallest absolute Gasteiger partial charge is 0.422 e. The first-order valence-electron chi connectivity index (χ1n) is 6.97. The molecule has 0 aliphatic rings. The molecular weight excluding hydrogens is 345 g/mol. The lowest BCUT2D eigenvalue weighted by Crippen LogP contribution is -2.26. The molecule has 1 aromatic heterocycles. The minimum Gasteiger partial charge on any atom is -0.467 e. The van der Waals surface area contributed by atoms with Gasteiger partial charge in [-0.3, -0.25) is 4.79 Å². The molecule has 0 saturated heterocycles. The Kier molecular flexibility index (Phi) is 5.66. The van der Waals surface area contributed by atoms with E-state index in [9.17, 15) is 18.0 Å². The number of amides is 1. The van der Waals surface area contributed by atoms with Crippen LogP contribution in [0.25, 0.3) is 0 Å². The number of nitrogens with one attached hydrogen (secondary N) is 1. The Bertz CT molecular complexity index is 708. The van der Waals surface area contributed by atoms with Crippen LogP contribution in [0.3, 0.4) is 0 Å². The number of nitrogens with zero attached hydrogens (tertiary/aromatic N) is 1. The van der Waals surface area contributed by atoms with Gasteiger partial charge in [0.1, 0.15) is 5.02 Å². The van der Waals surface area contributed by atoms with E-state index in [1.54, 1.807) is 0 Å². The molecule has 128 valence electrons. The minimum absolute atomic E-state index is 0.127. The quantitative estimate of drug-likeness (QED) is 0.872. The van der Waals surface area contributed by atoms with E-state index in [1.165, 1.54) is 6.07 Å². The third-order valence-electron chi connectivity index (χ3n) is 3.09. The van der Waals surface area contributed by atoms with Crippen molar-refractivity contribution in [2.45, 2.75) is 19.1 Å². The van der Waals surface area contributed by atoms with Crippen molar-refractivity contribution >= 4 is 17.5 Å². The maximum Gasteiger partial charge on any atom is 0.422 e. The number of hydrogen-bond donors (Lipinski definition) is 1. The first-order valence-corrected chi connectivity index (χ1v) is 7.35. The van der Waals surface area contributed by atoms with E-state index in [0.717, 1.165) is 11.8 Å². The van der Waals surface area contributed by atoms with Gasteiger partial charge in [0.05, 0.1) is 11.6 Å². The Balaban J connectivity index is 2.04. The second kappa shape index (κ2) is 7.53. The van der Waals surface area contributed by atoms with E-state index in [0.29, 0.717) is 0 Å². The molecule has 24 heavy (non-hydrogen) atoms. The summed E-state index contributed by atoms with van der Waals surface area (Å²) in [6, 6.07) is 10.3. The van der Waals surface area contributed by atoms with Crippen molar-refractivity contribution in [2.75, 3.05) is 6.61 Å². The first-order chi connectivity index (χ1) is 11.3. The molecule has 0 saturated carbocycles. The van der Waals surface area contributed by atoms with Crippen LogP contribution in [0, 0.1) is 0 Å². The van der Waals surface area contributed by atoms with Crippen LogP contribution < -0.4 is 10.1 Å². The Hall–Kier alpha value is -2.28. The van der Waals surface area contributed by atoms with Gasteiger partial charge < -0.3 is 10.1 Å². The molecule has 0 bridgehead atoms. The van der Waals surface area contributed by atoms with Gasteiger partial charge in [0, 0.05) is 6.20 Å². The topological polar surface area (TPSA) is 51.2 Å². The van der Waals surface area contributed by atoms with Crippen LogP contribution in [0.5, 0.6) is 5.88 Å². The van der Waals surface area contributed by atoms with Crippen molar-refractivity contribution in [3.63, 3.8) is 0 Å². The van der Waals surface area contributed by atoms with Crippen molar-refractivity contribution < 1.29 is 22.7 Å². The zero-order chi connectivity index (χ0) is 17.7. The zero-order valence-corrected chi connectivity index (χ0v) is 13.4. The maximum absolute atomic E-state index is 12.2. The highest BCUT2D eigenvalue weighted by Gasteiger charge is 2.29. The molecule has 1 N–H and O–H groups in total. The second-order valence-electron chi connectivity index (χ2n) is 5.02. The van der Waals surface area contributed by atoms with Crippen LogP contribution in [-0.4, -0.2) is 23.7 Å². The molecule has 0 fully saturated rings. The summed E-state index contributed by atoms with van der Waals surface area (Å²) in [5.41, 5.74) is 1.04. The van der Waals surface area contributed by atoms with Gasteiger partial charge >= 0.3 is 6.18 Å². The van der Waals surface area contributed by atoms with Crippen LogP contribution >= 0.6 is 11.6 Å². The average molecular weight is 359 g/mol. The first kappa shape index (κ1) is 18.1. The molecule has 2 rings (SSSR count). The third-order valence-corrected chi connectivity index (χ3v) is 3.36. The van der Waals surface area contributed by atoms with E-state index < -0.39 is 18.7 Å². The van der Waals surface area contributed by atoms with Gasteiger partial charge in [-0.1, -0.05) is 41.9 Å². The zero-order valence-electron chi connectivity index (χ0n) is 12.6. The Morgan fingerprint density at radius 2 is 2.00 bits per heavy atom. The number of carbonyl (C=O) groups is 1. The highest BCUT2D eigenvalue weighted by Crippen LogP contribution is 2.25. The molecule has 2 aromatic rings. The predicted octanol–water partition coefficient (Wildman–Crippen LogP) is 4.17. The second-order valence-corrected chi connectivity index (χ2v) is 5.43. The number of rotatable bonds is 5. The van der Waals surface area contributed by atoms with Crippen LogP contribution in [0.1, 0.15) is 28.9 Å². The van der Waals surface area contributed by atoms with Crippen LogP contribution in [0.4, 0.5) is 13.2 Å². The molecule has 0 spiro atoms. The SMILES string of the molecule is CC(NC(=O)c1cnc(OCC(F)(F)F)c(Cl)c1)c1ccccc1. The molecule has 0 aliphatic heterocycles. The van der Waals surface area contributed by atoms with Crippen molar-refractivity contribution in [1.82, 2.24) is 10.3 Å². The summed E-state index contributed by atoms with van der Waals surface area (Å²) in [6.45, 7) is 0.305. The number of carbonyl (C=O) groups excluding carboxylic acids is 1. The van der Waals surface area contributed by atoms with Gasteiger partial charge in [-0.15, -0.1) is 0 Å². The lowest BCUT2D eigenvalue weighted by atomic mass is 10.1. The highest BCUT2D eigenvalue weighted by molar-refractivity contribution is 6.32. The number of benzene rings is 1. The molecule has 0 aliphatic carbocycles. The van der Waals surface area contributed by atoms with Crippen LogP contribution in [-0.2, 0) is 0 Å². The van der Waals surface area contributed by atoms with Gasteiger partial charge in [-0.2, -0.15) is 13.2 Å². The molecule has 1 amide bonds. The Labute approximate surface area is 141 Å². The normalized spacial score (nSPS) is 12.5. The maximum atomic E-state index is 12.2. The fraction of sp³-hybridized carbons (Fsp3) is 0.250. The van der Waals surface area contributed by atoms with Crippen molar-refractivity contribution in [3.8, 4) is 5.88 Å². The van der Waals surface area contributed by atoms with Crippen molar-refractivity contribution in [1.29, 1.82) is 0 Å². The van der Waals surface area contributed by atoms with Gasteiger partial charge in [0.2, 0.25) is 5.88 Å². The number of hydrogen-bond acceptors (Lipinski definition) is 3. The molecule has 1 heterocycles. The monoisotopic (exact) mass is 358 g/mol. The summed E-state index contributed by atoms with van der Waals surface area (Å²) in [7, 11) is 0. The summed E-state index contributed by atoms with van der Waals surface area (Å²) in [5, 5.41) is 2.59. The number of aromatic nitrogens is 1. The van der Waals surface area contributed by atoms with E-state index in [2.05, 4.69) is 15.0 Å². The van der Waals surface area contributed by atoms with E-state index >= 15 is 0 Å². The summed E-state index contributed by atoms with van der Waals surface area (Å²) in [4.78, 5) is 15.8. The number of alkyl halides is 3. The molecule has 1 aromatic carbocycles. The summed E-state index contributed by atoms with van der Waals surface area (Å²) >= 11 is 5.82. The van der Waals surface area contributed by atoms with Crippen LogP contribution in [0.15, 0.2) is 42.6 Å². The predicted molar refractivity (Wildman–Crippen MR) is 83.1 cm³/mol. The van der Waals surface area contributed by atoms with Gasteiger partial charge in [0.25, 0.3) is 5.91 Å². The fourth-order valence-corrected chi connectivity index (χ4v) is 2.13. The van der Waals surface area contributed by atoms with E-state index in [4.69, 9.17) is 11.6 Å². The Morgan fingerprint density at radius 1 is 1.33 bits per heavy atom. The number of halogens is 4. The van der Waals surface area contributed by atoms with E-state index in [-0.39, 0.29) is 22.5 Å². The lowest BCUT2D eigenvalue weighted by molar-refractivity contribution is -0.154. The Morgan fingerprint density at radius 3 is 2.58 bits per heavy atom. The van der Waals surface area contributed by atoms with Gasteiger partial charge in [-0.25, -0.2) is 4.98 Å². The standard InChI is InChI=1S/C16H14ClF3N2O2/c1-10(11-5-3-2-4-6-11)22-14(23)12-7-13(17)15(21-8-12)24-9-16(18,19)20/h2-8,10H,9H2,1H3,(H,22,23).